The first-order valence-corrected chi connectivity index (χ1v) is 27.5. The lowest BCUT2D eigenvalue weighted by atomic mass is 10.0. The number of hydrogen-bond acceptors (Lipinski definition) is 6. The Morgan fingerprint density at radius 1 is 0.262 bits per heavy atom. The van der Waals surface area contributed by atoms with Crippen molar-refractivity contribution >= 4 is 17.9 Å². The van der Waals surface area contributed by atoms with Crippen LogP contribution in [-0.4, -0.2) is 37.2 Å². The van der Waals surface area contributed by atoms with Crippen LogP contribution < -0.4 is 0 Å². The molecule has 0 aromatic rings. The summed E-state index contributed by atoms with van der Waals surface area (Å²) in [5.74, 6) is -0.851. The largest absolute Gasteiger partial charge is 0.462 e. The van der Waals surface area contributed by atoms with Crippen molar-refractivity contribution in [1.82, 2.24) is 0 Å². The van der Waals surface area contributed by atoms with Crippen LogP contribution in [0.2, 0.25) is 0 Å². The lowest BCUT2D eigenvalue weighted by Crippen LogP contribution is -2.30. The third-order valence-corrected chi connectivity index (χ3v) is 12.6. The molecule has 362 valence electrons. The molecule has 0 bridgehead atoms. The van der Waals surface area contributed by atoms with Crippen molar-refractivity contribution in [2.75, 3.05) is 13.2 Å². The van der Waals surface area contributed by atoms with Crippen LogP contribution in [-0.2, 0) is 28.6 Å². The van der Waals surface area contributed by atoms with Crippen LogP contribution in [0.1, 0.15) is 316 Å². The molecule has 0 radical (unpaired) electrons. The highest BCUT2D eigenvalue weighted by Crippen LogP contribution is 2.17. The first-order chi connectivity index (χ1) is 30.0. The minimum atomic E-state index is -0.758. The van der Waals surface area contributed by atoms with Crippen LogP contribution in [0, 0.1) is 0 Å². The second kappa shape index (κ2) is 51.0. The van der Waals surface area contributed by atoms with E-state index >= 15 is 0 Å². The zero-order valence-electron chi connectivity index (χ0n) is 41.5. The lowest BCUT2D eigenvalue weighted by molar-refractivity contribution is -0.167. The van der Waals surface area contributed by atoms with Gasteiger partial charge >= 0.3 is 17.9 Å². The molecule has 0 spiro atoms. The highest BCUT2D eigenvalue weighted by atomic mass is 16.6. The van der Waals surface area contributed by atoms with Crippen molar-refractivity contribution in [3.8, 4) is 0 Å². The van der Waals surface area contributed by atoms with E-state index in [4.69, 9.17) is 14.2 Å². The van der Waals surface area contributed by atoms with Crippen LogP contribution >= 0.6 is 0 Å². The maximum absolute atomic E-state index is 12.7. The molecule has 0 amide bonds. The van der Waals surface area contributed by atoms with E-state index in [1.165, 1.54) is 218 Å². The van der Waals surface area contributed by atoms with Gasteiger partial charge in [0.05, 0.1) is 0 Å². The molecule has 0 aliphatic rings. The van der Waals surface area contributed by atoms with E-state index < -0.39 is 6.10 Å². The van der Waals surface area contributed by atoms with Gasteiger partial charge in [-0.15, -0.1) is 0 Å². The van der Waals surface area contributed by atoms with Gasteiger partial charge in [0.2, 0.25) is 0 Å². The lowest BCUT2D eigenvalue weighted by Gasteiger charge is -2.18. The predicted octanol–water partition coefficient (Wildman–Crippen LogP) is 18.0. The van der Waals surface area contributed by atoms with Crippen molar-refractivity contribution in [3.05, 3.63) is 0 Å². The third-order valence-electron chi connectivity index (χ3n) is 12.6. The fraction of sp³-hybridized carbons (Fsp3) is 0.945. The molecule has 0 rings (SSSR count). The maximum Gasteiger partial charge on any atom is 0.306 e. The molecule has 6 nitrogen and oxygen atoms in total. The summed E-state index contributed by atoms with van der Waals surface area (Å²) in [5.41, 5.74) is 0. The summed E-state index contributed by atoms with van der Waals surface area (Å²) in [6, 6.07) is 0. The summed E-state index contributed by atoms with van der Waals surface area (Å²) in [6.45, 7) is 6.63. The first-order valence-electron chi connectivity index (χ1n) is 27.5. The molecule has 0 aromatic carbocycles. The Bertz CT molecular complexity index is 905. The van der Waals surface area contributed by atoms with Gasteiger partial charge in [0, 0.05) is 19.3 Å². The summed E-state index contributed by atoms with van der Waals surface area (Å²) in [7, 11) is 0. The molecule has 0 aromatic heterocycles. The van der Waals surface area contributed by atoms with Gasteiger partial charge in [0.25, 0.3) is 0 Å². The van der Waals surface area contributed by atoms with Crippen LogP contribution in [0.3, 0.4) is 0 Å². The quantitative estimate of drug-likeness (QED) is 0.0344. The Morgan fingerprint density at radius 3 is 0.656 bits per heavy atom. The van der Waals surface area contributed by atoms with E-state index in [0.29, 0.717) is 19.3 Å². The van der Waals surface area contributed by atoms with E-state index in [1.807, 2.05) is 0 Å². The van der Waals surface area contributed by atoms with Crippen LogP contribution in [0.4, 0.5) is 0 Å². The molecular formula is C55H106O6. The summed E-state index contributed by atoms with van der Waals surface area (Å²) < 4.78 is 16.7. The number of esters is 3. The number of carbonyl (C=O) groups excluding carboxylic acids is 3. The molecule has 6 heteroatoms. The SMILES string of the molecule is CCCCCCCCCCCCCCCCCCCCCCCCCCCCC(=O)OCC(COC(=O)CCCCCCCCCC)OC(=O)CCCCCCCCCCC. The highest BCUT2D eigenvalue weighted by Gasteiger charge is 2.19. The van der Waals surface area contributed by atoms with E-state index in [0.717, 1.165) is 57.8 Å². The van der Waals surface area contributed by atoms with Gasteiger partial charge < -0.3 is 14.2 Å². The molecule has 0 saturated heterocycles. The number of rotatable bonds is 51. The summed E-state index contributed by atoms with van der Waals surface area (Å²) in [6.07, 6.45) is 55.6. The normalized spacial score (nSPS) is 11.9. The smallest absolute Gasteiger partial charge is 0.306 e. The van der Waals surface area contributed by atoms with Gasteiger partial charge in [-0.25, -0.2) is 0 Å². The van der Waals surface area contributed by atoms with Gasteiger partial charge in [-0.1, -0.05) is 278 Å². The fourth-order valence-corrected chi connectivity index (χ4v) is 8.45. The molecule has 0 saturated carbocycles. The standard InChI is InChI=1S/C55H106O6/c1-4-7-10-13-16-19-20-21-22-23-24-25-26-27-28-29-30-31-32-33-34-35-37-39-42-45-48-54(57)60-51-52(50-59-53(56)47-44-41-38-18-15-12-9-6-3)61-55(58)49-46-43-40-36-17-14-11-8-5-2/h52H,4-51H2,1-3H3. The van der Waals surface area contributed by atoms with Crippen molar-refractivity contribution in [2.24, 2.45) is 0 Å². The Morgan fingerprint density at radius 2 is 0.443 bits per heavy atom. The zero-order chi connectivity index (χ0) is 44.4. The van der Waals surface area contributed by atoms with E-state index in [2.05, 4.69) is 20.8 Å². The van der Waals surface area contributed by atoms with Crippen molar-refractivity contribution in [2.45, 2.75) is 322 Å². The van der Waals surface area contributed by atoms with Gasteiger partial charge in [-0.05, 0) is 19.3 Å². The summed E-state index contributed by atoms with van der Waals surface area (Å²) in [4.78, 5) is 37.7. The molecule has 0 aliphatic carbocycles. The Hall–Kier alpha value is -1.59. The van der Waals surface area contributed by atoms with E-state index in [9.17, 15) is 14.4 Å². The summed E-state index contributed by atoms with van der Waals surface area (Å²) >= 11 is 0. The van der Waals surface area contributed by atoms with Crippen molar-refractivity contribution in [3.63, 3.8) is 0 Å². The Kier molecular flexibility index (Phi) is 49.7. The van der Waals surface area contributed by atoms with E-state index in [1.54, 1.807) is 0 Å². The Balaban J connectivity index is 3.97. The summed E-state index contributed by atoms with van der Waals surface area (Å²) in [5, 5.41) is 0. The molecular weight excluding hydrogens is 757 g/mol. The second-order valence-electron chi connectivity index (χ2n) is 18.9. The van der Waals surface area contributed by atoms with Crippen molar-refractivity contribution in [1.29, 1.82) is 0 Å². The molecule has 0 aliphatic heterocycles. The minimum Gasteiger partial charge on any atom is -0.462 e. The third kappa shape index (κ3) is 49.3. The zero-order valence-corrected chi connectivity index (χ0v) is 41.5. The fourth-order valence-electron chi connectivity index (χ4n) is 8.45. The molecule has 0 N–H and O–H groups in total. The van der Waals surface area contributed by atoms with Crippen molar-refractivity contribution < 1.29 is 28.6 Å². The topological polar surface area (TPSA) is 78.9 Å². The molecule has 1 unspecified atom stereocenters. The van der Waals surface area contributed by atoms with Crippen LogP contribution in [0.25, 0.3) is 0 Å². The van der Waals surface area contributed by atoms with Crippen LogP contribution in [0.15, 0.2) is 0 Å². The molecule has 61 heavy (non-hydrogen) atoms. The average Bonchev–Trinajstić information content (AvgIpc) is 3.26. The maximum atomic E-state index is 12.7. The van der Waals surface area contributed by atoms with Gasteiger partial charge in [-0.2, -0.15) is 0 Å². The highest BCUT2D eigenvalue weighted by molar-refractivity contribution is 5.71. The monoisotopic (exact) mass is 863 g/mol. The van der Waals surface area contributed by atoms with E-state index in [-0.39, 0.29) is 31.1 Å². The number of hydrogen-bond donors (Lipinski definition) is 0. The minimum absolute atomic E-state index is 0.0626. The van der Waals surface area contributed by atoms with Gasteiger partial charge in [0.15, 0.2) is 6.10 Å². The van der Waals surface area contributed by atoms with Gasteiger partial charge in [0.1, 0.15) is 13.2 Å². The predicted molar refractivity (Wildman–Crippen MR) is 261 cm³/mol. The van der Waals surface area contributed by atoms with Crippen LogP contribution in [0.5, 0.6) is 0 Å². The number of carbonyl (C=O) groups is 3. The molecule has 0 fully saturated rings. The first kappa shape index (κ1) is 59.4. The average molecular weight is 863 g/mol. The molecule has 1 atom stereocenters. The number of unbranched alkanes of at least 4 members (excludes halogenated alkanes) is 40. The number of ether oxygens (including phenoxy) is 3. The molecule has 0 heterocycles. The Labute approximate surface area is 380 Å². The van der Waals surface area contributed by atoms with Gasteiger partial charge in [-0.3, -0.25) is 14.4 Å². The second-order valence-corrected chi connectivity index (χ2v) is 18.9.